The summed E-state index contributed by atoms with van der Waals surface area (Å²) in [6.45, 7) is 1.61. The van der Waals surface area contributed by atoms with E-state index in [1.54, 1.807) is 40.5 Å². The quantitative estimate of drug-likeness (QED) is 0.463. The van der Waals surface area contributed by atoms with Crippen LogP contribution in [0.25, 0.3) is 0 Å². The Morgan fingerprint density at radius 1 is 1.23 bits per heavy atom. The number of hydrogen-bond acceptors (Lipinski definition) is 6. The summed E-state index contributed by atoms with van der Waals surface area (Å²) in [7, 11) is 0. The van der Waals surface area contributed by atoms with Crippen LogP contribution in [0.4, 0.5) is 4.39 Å². The fourth-order valence-electron chi connectivity index (χ4n) is 4.67. The van der Waals surface area contributed by atoms with Crippen molar-refractivity contribution in [1.82, 2.24) is 9.80 Å². The molecule has 2 aliphatic rings. The number of fused-ring (bicyclic) bond motifs is 1. The number of halogens is 1. The second-order valence-corrected chi connectivity index (χ2v) is 9.72. The first-order valence-corrected chi connectivity index (χ1v) is 12.6. The number of furan rings is 1. The van der Waals surface area contributed by atoms with Gasteiger partial charge in [0.25, 0.3) is 5.91 Å². The van der Waals surface area contributed by atoms with E-state index in [0.29, 0.717) is 25.4 Å². The van der Waals surface area contributed by atoms with Gasteiger partial charge in [0.15, 0.2) is 5.76 Å². The summed E-state index contributed by atoms with van der Waals surface area (Å²) in [5, 5.41) is 2.01. The van der Waals surface area contributed by atoms with E-state index in [1.165, 1.54) is 28.2 Å². The van der Waals surface area contributed by atoms with Crippen LogP contribution < -0.4 is 4.74 Å². The van der Waals surface area contributed by atoms with Crippen molar-refractivity contribution >= 4 is 23.2 Å². The van der Waals surface area contributed by atoms with Crippen LogP contribution in [-0.2, 0) is 16.0 Å². The summed E-state index contributed by atoms with van der Waals surface area (Å²) in [6.07, 6.45) is 3.88. The Kier molecular flexibility index (Phi) is 7.15. The van der Waals surface area contributed by atoms with Gasteiger partial charge in [-0.05, 0) is 60.5 Å². The van der Waals surface area contributed by atoms with Gasteiger partial charge in [0.2, 0.25) is 5.91 Å². The number of ether oxygens (including phenoxy) is 2. The minimum absolute atomic E-state index is 0.0880. The van der Waals surface area contributed by atoms with Gasteiger partial charge in [-0.2, -0.15) is 0 Å². The van der Waals surface area contributed by atoms with Gasteiger partial charge in [0.05, 0.1) is 18.4 Å². The molecule has 7 nitrogen and oxygen atoms in total. The molecule has 184 valence electrons. The van der Waals surface area contributed by atoms with Gasteiger partial charge in [-0.3, -0.25) is 9.59 Å². The maximum absolute atomic E-state index is 13.6. The van der Waals surface area contributed by atoms with E-state index in [-0.39, 0.29) is 48.7 Å². The lowest BCUT2D eigenvalue weighted by Gasteiger charge is -2.37. The molecular formula is C26H27FN2O5S. The van der Waals surface area contributed by atoms with Crippen molar-refractivity contribution in [3.05, 3.63) is 76.1 Å². The zero-order chi connectivity index (χ0) is 24.2. The smallest absolute Gasteiger partial charge is 0.290 e. The van der Waals surface area contributed by atoms with Crippen LogP contribution in [0.5, 0.6) is 5.75 Å². The van der Waals surface area contributed by atoms with Gasteiger partial charge in [-0.1, -0.05) is 6.07 Å². The average molecular weight is 499 g/mol. The molecule has 0 aliphatic carbocycles. The molecule has 5 rings (SSSR count). The van der Waals surface area contributed by atoms with Crippen LogP contribution in [0.1, 0.15) is 39.9 Å². The van der Waals surface area contributed by atoms with E-state index in [9.17, 15) is 14.0 Å². The molecule has 2 atom stereocenters. The predicted octanol–water partition coefficient (Wildman–Crippen LogP) is 4.31. The van der Waals surface area contributed by atoms with Gasteiger partial charge < -0.3 is 23.7 Å². The lowest BCUT2D eigenvalue weighted by molar-refractivity contribution is -0.135. The molecule has 0 bridgehead atoms. The van der Waals surface area contributed by atoms with Crippen LogP contribution in [0.15, 0.2) is 58.5 Å². The van der Waals surface area contributed by atoms with Gasteiger partial charge in [-0.25, -0.2) is 4.39 Å². The lowest BCUT2D eigenvalue weighted by atomic mass is 10.0. The van der Waals surface area contributed by atoms with Crippen LogP contribution in [0.2, 0.25) is 0 Å². The molecule has 35 heavy (non-hydrogen) atoms. The normalized spacial score (nSPS) is 19.4. The molecule has 3 aromatic rings. The van der Waals surface area contributed by atoms with E-state index < -0.39 is 0 Å². The highest BCUT2D eigenvalue weighted by Gasteiger charge is 2.35. The second-order valence-electron chi connectivity index (χ2n) is 8.72. The number of rotatable bonds is 8. The molecule has 2 aliphatic heterocycles. The summed E-state index contributed by atoms with van der Waals surface area (Å²) in [5.41, 5.74) is 1.04. The Balaban J connectivity index is 1.34. The molecule has 9 heteroatoms. The van der Waals surface area contributed by atoms with Crippen molar-refractivity contribution in [3.63, 3.8) is 0 Å². The molecule has 0 radical (unpaired) electrons. The molecule has 0 saturated carbocycles. The molecule has 1 aromatic carbocycles. The average Bonchev–Trinajstić information content (AvgIpc) is 3.64. The van der Waals surface area contributed by atoms with Crippen molar-refractivity contribution in [2.24, 2.45) is 0 Å². The molecular weight excluding hydrogens is 471 g/mol. The predicted molar refractivity (Wildman–Crippen MR) is 128 cm³/mol. The van der Waals surface area contributed by atoms with Gasteiger partial charge >= 0.3 is 0 Å². The number of benzene rings is 1. The van der Waals surface area contributed by atoms with E-state index in [0.717, 1.165) is 24.8 Å². The number of thiophene rings is 1. The molecule has 1 fully saturated rings. The number of nitrogens with zero attached hydrogens (tertiary/aromatic N) is 2. The maximum atomic E-state index is 13.6. The molecule has 2 aromatic heterocycles. The second kappa shape index (κ2) is 10.6. The summed E-state index contributed by atoms with van der Waals surface area (Å²) >= 11 is 1.66. The highest BCUT2D eigenvalue weighted by molar-refractivity contribution is 7.10. The minimum Gasteiger partial charge on any atom is -0.491 e. The van der Waals surface area contributed by atoms with Crippen molar-refractivity contribution in [2.45, 2.75) is 31.4 Å². The minimum atomic E-state index is -0.378. The number of amides is 2. The number of carbonyl (C=O) groups excluding carboxylic acids is 2. The Morgan fingerprint density at radius 3 is 2.91 bits per heavy atom. The molecule has 0 N–H and O–H groups in total. The van der Waals surface area contributed by atoms with Crippen molar-refractivity contribution in [2.75, 3.05) is 32.8 Å². The SMILES string of the molecule is O=C(c1ccco1)N(CC(=O)N1CCc2sccc2[C@H]1COc1cccc(F)c1)C[C@H]1CCCO1. The first-order chi connectivity index (χ1) is 17.1. The monoisotopic (exact) mass is 498 g/mol. The topological polar surface area (TPSA) is 72.2 Å². The number of carbonyl (C=O) groups is 2. The Labute approximate surface area is 207 Å². The highest BCUT2D eigenvalue weighted by atomic mass is 32.1. The molecule has 2 amide bonds. The fourth-order valence-corrected chi connectivity index (χ4v) is 5.60. The van der Waals surface area contributed by atoms with Crippen LogP contribution >= 0.6 is 11.3 Å². The van der Waals surface area contributed by atoms with E-state index in [4.69, 9.17) is 13.9 Å². The van der Waals surface area contributed by atoms with Gasteiger partial charge in [0, 0.05) is 30.6 Å². The van der Waals surface area contributed by atoms with E-state index in [1.807, 2.05) is 11.4 Å². The lowest BCUT2D eigenvalue weighted by Crippen LogP contribution is -2.49. The summed E-state index contributed by atoms with van der Waals surface area (Å²) < 4.78 is 30.6. The first kappa shape index (κ1) is 23.6. The van der Waals surface area contributed by atoms with Crippen LogP contribution in [-0.4, -0.2) is 60.6 Å². The standard InChI is InChI=1S/C26H27FN2O5S/c27-18-4-1-5-19(14-18)34-17-22-21-9-13-35-24(21)8-10-29(22)25(30)16-28(15-20-6-2-11-32-20)26(31)23-7-3-12-33-23/h1,3-5,7,9,12-14,20,22H,2,6,8,10-11,15-17H2/t20-,22-/m1/s1. The van der Waals surface area contributed by atoms with Crippen molar-refractivity contribution < 1.29 is 27.9 Å². The van der Waals surface area contributed by atoms with E-state index >= 15 is 0 Å². The van der Waals surface area contributed by atoms with Crippen LogP contribution in [0, 0.1) is 5.82 Å². The summed E-state index contributed by atoms with van der Waals surface area (Å²) in [6, 6.07) is 10.9. The van der Waals surface area contributed by atoms with Crippen LogP contribution in [0.3, 0.4) is 0 Å². The molecule has 4 heterocycles. The van der Waals surface area contributed by atoms with Gasteiger partial charge in [-0.15, -0.1) is 11.3 Å². The maximum Gasteiger partial charge on any atom is 0.290 e. The largest absolute Gasteiger partial charge is 0.491 e. The zero-order valence-corrected chi connectivity index (χ0v) is 20.0. The van der Waals surface area contributed by atoms with Crippen molar-refractivity contribution in [1.29, 1.82) is 0 Å². The first-order valence-electron chi connectivity index (χ1n) is 11.8. The highest BCUT2D eigenvalue weighted by Crippen LogP contribution is 2.34. The zero-order valence-electron chi connectivity index (χ0n) is 19.2. The Morgan fingerprint density at radius 2 is 2.14 bits per heavy atom. The van der Waals surface area contributed by atoms with Crippen molar-refractivity contribution in [3.8, 4) is 5.75 Å². The Bertz CT molecular complexity index is 1160. The third-order valence-electron chi connectivity index (χ3n) is 6.41. The Hall–Kier alpha value is -3.17. The van der Waals surface area contributed by atoms with E-state index in [2.05, 4.69) is 0 Å². The third kappa shape index (κ3) is 5.41. The summed E-state index contributed by atoms with van der Waals surface area (Å²) in [4.78, 5) is 31.3. The summed E-state index contributed by atoms with van der Waals surface area (Å²) in [5.74, 6) is -0.281. The molecule has 0 spiro atoms. The fraction of sp³-hybridized carbons (Fsp3) is 0.385. The third-order valence-corrected chi connectivity index (χ3v) is 7.41. The molecule has 1 saturated heterocycles. The molecule has 0 unspecified atom stereocenters. The van der Waals surface area contributed by atoms with Gasteiger partial charge in [0.1, 0.15) is 24.7 Å². The number of hydrogen-bond donors (Lipinski definition) is 0.